The van der Waals surface area contributed by atoms with E-state index in [1.165, 1.54) is 13.0 Å². The number of aromatic nitrogens is 2. The Balaban J connectivity index is 2.08. The zero-order chi connectivity index (χ0) is 7.68. The number of rotatable bonds is 1. The van der Waals surface area contributed by atoms with Gasteiger partial charge < -0.3 is 4.90 Å². The van der Waals surface area contributed by atoms with E-state index >= 15 is 0 Å². The van der Waals surface area contributed by atoms with Gasteiger partial charge in [0, 0.05) is 18.8 Å². The Hall–Kier alpha value is -0.830. The van der Waals surface area contributed by atoms with Gasteiger partial charge in [0.1, 0.15) is 0 Å². The molecule has 0 saturated carbocycles. The van der Waals surface area contributed by atoms with Gasteiger partial charge in [0.2, 0.25) is 0 Å². The standard InChI is InChI=1S/C8H12N3/c1-10-6-3-8(7-10)11-5-2-4-9-11/h4-5,8H,3,6-7H2,1H3. The van der Waals surface area contributed by atoms with E-state index in [-0.39, 0.29) is 0 Å². The van der Waals surface area contributed by atoms with Gasteiger partial charge >= 0.3 is 0 Å². The Morgan fingerprint density at radius 2 is 2.55 bits per heavy atom. The maximum atomic E-state index is 4.17. The van der Waals surface area contributed by atoms with E-state index in [0.717, 1.165) is 6.54 Å². The summed E-state index contributed by atoms with van der Waals surface area (Å²) in [5.41, 5.74) is 0. The third kappa shape index (κ3) is 1.28. The summed E-state index contributed by atoms with van der Waals surface area (Å²) >= 11 is 0. The molecule has 2 rings (SSSR count). The zero-order valence-corrected chi connectivity index (χ0v) is 6.70. The van der Waals surface area contributed by atoms with Gasteiger partial charge in [-0.1, -0.05) is 0 Å². The van der Waals surface area contributed by atoms with Crippen molar-refractivity contribution in [3.05, 3.63) is 18.5 Å². The summed E-state index contributed by atoms with van der Waals surface area (Å²) in [6.07, 6.45) is 4.86. The number of nitrogens with zero attached hydrogens (tertiary/aromatic N) is 3. The third-order valence-corrected chi connectivity index (χ3v) is 2.21. The fourth-order valence-corrected chi connectivity index (χ4v) is 1.57. The topological polar surface area (TPSA) is 21.1 Å². The van der Waals surface area contributed by atoms with Gasteiger partial charge in [-0.2, -0.15) is 5.10 Å². The smallest absolute Gasteiger partial charge is 0.0658 e. The highest BCUT2D eigenvalue weighted by molar-refractivity contribution is 4.83. The molecule has 1 aromatic rings. The lowest BCUT2D eigenvalue weighted by Gasteiger charge is -2.09. The molecule has 1 aliphatic rings. The molecule has 0 aliphatic carbocycles. The molecule has 1 aromatic heterocycles. The fourth-order valence-electron chi connectivity index (χ4n) is 1.57. The molecule has 11 heavy (non-hydrogen) atoms. The van der Waals surface area contributed by atoms with Gasteiger partial charge in [-0.25, -0.2) is 0 Å². The van der Waals surface area contributed by atoms with E-state index in [1.807, 2.05) is 10.9 Å². The monoisotopic (exact) mass is 150 g/mol. The minimum atomic E-state index is 0.575. The maximum Gasteiger partial charge on any atom is 0.0658 e. The van der Waals surface area contributed by atoms with Crippen LogP contribution in [0, 0.1) is 6.07 Å². The molecule has 1 saturated heterocycles. The third-order valence-electron chi connectivity index (χ3n) is 2.21. The van der Waals surface area contributed by atoms with Crippen molar-refractivity contribution < 1.29 is 0 Å². The Morgan fingerprint density at radius 1 is 1.64 bits per heavy atom. The molecular weight excluding hydrogens is 138 g/mol. The van der Waals surface area contributed by atoms with Gasteiger partial charge in [0.15, 0.2) is 0 Å². The largest absolute Gasteiger partial charge is 0.304 e. The second-order valence-corrected chi connectivity index (χ2v) is 3.13. The minimum absolute atomic E-state index is 0.575. The predicted molar refractivity (Wildman–Crippen MR) is 42.2 cm³/mol. The van der Waals surface area contributed by atoms with Crippen molar-refractivity contribution in [3.63, 3.8) is 0 Å². The van der Waals surface area contributed by atoms with Crippen LogP contribution in [0.4, 0.5) is 0 Å². The summed E-state index contributed by atoms with van der Waals surface area (Å²) in [5.74, 6) is 0. The molecule has 59 valence electrons. The van der Waals surface area contributed by atoms with Crippen LogP contribution in [-0.4, -0.2) is 34.8 Å². The molecule has 0 aromatic carbocycles. The van der Waals surface area contributed by atoms with Crippen LogP contribution in [0.25, 0.3) is 0 Å². The molecule has 0 bridgehead atoms. The van der Waals surface area contributed by atoms with E-state index in [4.69, 9.17) is 0 Å². The lowest BCUT2D eigenvalue weighted by atomic mass is 10.3. The van der Waals surface area contributed by atoms with Crippen LogP contribution in [0.15, 0.2) is 12.4 Å². The highest BCUT2D eigenvalue weighted by Crippen LogP contribution is 2.18. The van der Waals surface area contributed by atoms with Crippen molar-refractivity contribution >= 4 is 0 Å². The molecule has 3 nitrogen and oxygen atoms in total. The summed E-state index contributed by atoms with van der Waals surface area (Å²) in [5, 5.41) is 4.17. The van der Waals surface area contributed by atoms with Crippen LogP contribution in [0.5, 0.6) is 0 Å². The summed E-state index contributed by atoms with van der Waals surface area (Å²) in [4.78, 5) is 2.33. The second kappa shape index (κ2) is 2.66. The van der Waals surface area contributed by atoms with Crippen molar-refractivity contribution in [2.75, 3.05) is 20.1 Å². The Kier molecular flexibility index (Phi) is 1.66. The van der Waals surface area contributed by atoms with E-state index in [9.17, 15) is 0 Å². The molecule has 1 radical (unpaired) electrons. The average molecular weight is 150 g/mol. The van der Waals surface area contributed by atoms with E-state index < -0.39 is 0 Å². The Labute approximate surface area is 66.6 Å². The van der Waals surface area contributed by atoms with Crippen LogP contribution in [0.2, 0.25) is 0 Å². The van der Waals surface area contributed by atoms with Crippen molar-refractivity contribution in [1.29, 1.82) is 0 Å². The molecule has 2 heterocycles. The number of hydrogen-bond acceptors (Lipinski definition) is 2. The first-order valence-electron chi connectivity index (χ1n) is 3.95. The van der Waals surface area contributed by atoms with E-state index in [1.54, 1.807) is 6.20 Å². The molecule has 1 unspecified atom stereocenters. The maximum absolute atomic E-state index is 4.17. The molecule has 0 amide bonds. The highest BCUT2D eigenvalue weighted by Gasteiger charge is 2.20. The van der Waals surface area contributed by atoms with Gasteiger partial charge in [-0.05, 0) is 20.0 Å². The van der Waals surface area contributed by atoms with Crippen molar-refractivity contribution in [2.45, 2.75) is 12.5 Å². The minimum Gasteiger partial charge on any atom is -0.304 e. The van der Waals surface area contributed by atoms with Gasteiger partial charge in [0.25, 0.3) is 0 Å². The van der Waals surface area contributed by atoms with Crippen molar-refractivity contribution in [1.82, 2.24) is 14.7 Å². The van der Waals surface area contributed by atoms with Gasteiger partial charge in [-0.3, -0.25) is 4.68 Å². The lowest BCUT2D eigenvalue weighted by molar-refractivity contribution is 0.382. The first kappa shape index (κ1) is 6.85. The highest BCUT2D eigenvalue weighted by atomic mass is 15.3. The summed E-state index contributed by atoms with van der Waals surface area (Å²) < 4.78 is 2.00. The van der Waals surface area contributed by atoms with E-state index in [2.05, 4.69) is 23.1 Å². The summed E-state index contributed by atoms with van der Waals surface area (Å²) in [7, 11) is 2.15. The molecule has 3 heteroatoms. The van der Waals surface area contributed by atoms with Crippen LogP contribution in [0.3, 0.4) is 0 Å². The average Bonchev–Trinajstić information content (AvgIpc) is 2.55. The number of hydrogen-bond donors (Lipinski definition) is 0. The second-order valence-electron chi connectivity index (χ2n) is 3.13. The fraction of sp³-hybridized carbons (Fsp3) is 0.625. The SMILES string of the molecule is CN1CCC(n2c[c]cn2)C1. The van der Waals surface area contributed by atoms with Crippen molar-refractivity contribution in [3.8, 4) is 0 Å². The molecular formula is C8H12N3. The zero-order valence-electron chi connectivity index (χ0n) is 6.70. The normalized spacial score (nSPS) is 26.1. The van der Waals surface area contributed by atoms with Crippen LogP contribution < -0.4 is 0 Å². The van der Waals surface area contributed by atoms with Crippen LogP contribution in [0.1, 0.15) is 12.5 Å². The van der Waals surface area contributed by atoms with E-state index in [0.29, 0.717) is 6.04 Å². The number of likely N-dealkylation sites (tertiary alicyclic amines) is 1. The first-order valence-corrected chi connectivity index (χ1v) is 3.95. The van der Waals surface area contributed by atoms with Crippen LogP contribution >= 0.6 is 0 Å². The molecule has 1 aliphatic heterocycles. The summed E-state index contributed by atoms with van der Waals surface area (Å²) in [6, 6.07) is 3.53. The molecule has 0 N–H and O–H groups in total. The Bertz CT molecular complexity index is 217. The van der Waals surface area contributed by atoms with Crippen molar-refractivity contribution in [2.24, 2.45) is 0 Å². The molecule has 1 atom stereocenters. The molecule has 1 fully saturated rings. The van der Waals surface area contributed by atoms with Gasteiger partial charge in [-0.15, -0.1) is 0 Å². The lowest BCUT2D eigenvalue weighted by Crippen LogP contribution is -2.16. The quantitative estimate of drug-likeness (QED) is 0.583. The molecule has 0 spiro atoms. The first-order chi connectivity index (χ1) is 5.36. The Morgan fingerprint density at radius 3 is 3.09 bits per heavy atom. The van der Waals surface area contributed by atoms with Gasteiger partial charge in [0.05, 0.1) is 12.2 Å². The van der Waals surface area contributed by atoms with Crippen LogP contribution in [-0.2, 0) is 0 Å². The summed E-state index contributed by atoms with van der Waals surface area (Å²) in [6.45, 7) is 2.31. The predicted octanol–water partition coefficient (Wildman–Crippen LogP) is 0.560. The number of likely N-dealkylation sites (N-methyl/N-ethyl adjacent to an activating group) is 1.